The number of nitrogens with zero attached hydrogens (tertiary/aromatic N) is 1. The van der Waals surface area contributed by atoms with E-state index in [9.17, 15) is 9.59 Å². The maximum Gasteiger partial charge on any atom is 0.251 e. The zero-order valence-electron chi connectivity index (χ0n) is 15.9. The molecule has 6 nitrogen and oxygen atoms in total. The number of methoxy groups -OCH3 is 1. The Hall–Kier alpha value is -2.86. The molecule has 0 bridgehead atoms. The Morgan fingerprint density at radius 1 is 1.22 bits per heavy atom. The summed E-state index contributed by atoms with van der Waals surface area (Å²) in [5.74, 6) is 0.693. The molecule has 1 aliphatic heterocycles. The van der Waals surface area contributed by atoms with Crippen LogP contribution in [-0.2, 0) is 11.2 Å². The molecule has 1 unspecified atom stereocenters. The van der Waals surface area contributed by atoms with Crippen molar-refractivity contribution < 1.29 is 14.3 Å². The molecule has 2 amide bonds. The molecular formula is C21H25N3O3. The van der Waals surface area contributed by atoms with Crippen molar-refractivity contribution in [2.45, 2.75) is 18.9 Å². The lowest BCUT2D eigenvalue weighted by molar-refractivity contribution is -0.116. The number of anilines is 1. The summed E-state index contributed by atoms with van der Waals surface area (Å²) in [6, 6.07) is 13.3. The van der Waals surface area contributed by atoms with Crippen LogP contribution < -0.4 is 15.4 Å². The van der Waals surface area contributed by atoms with E-state index in [0.717, 1.165) is 22.6 Å². The number of carbonyl (C=O) groups is 2. The van der Waals surface area contributed by atoms with Gasteiger partial charge < -0.3 is 20.3 Å². The van der Waals surface area contributed by atoms with Crippen LogP contribution in [-0.4, -0.2) is 44.5 Å². The predicted octanol–water partition coefficient (Wildman–Crippen LogP) is 2.61. The normalized spacial score (nSPS) is 14.3. The number of amides is 2. The molecule has 1 heterocycles. The molecular weight excluding hydrogens is 342 g/mol. The number of benzene rings is 2. The third kappa shape index (κ3) is 4.46. The molecule has 2 N–H and O–H groups in total. The van der Waals surface area contributed by atoms with Crippen LogP contribution in [0.25, 0.3) is 0 Å². The molecule has 2 aromatic carbocycles. The van der Waals surface area contributed by atoms with E-state index >= 15 is 0 Å². The molecule has 0 spiro atoms. The number of nitrogens with one attached hydrogen (secondary N) is 2. The number of aryl methyl sites for hydroxylation is 1. The molecule has 1 aliphatic rings. The standard InChI is InChI=1S/C21H25N3O3/c1-24(2)19(15-5-4-6-17(12-15)27-3)13-22-21(26)16-7-9-18-14(11-16)8-10-20(25)23-18/h4-7,9,11-12,19H,8,10,13H2,1-3H3,(H,22,26)(H,23,25). The van der Waals surface area contributed by atoms with Gasteiger partial charge in [-0.3, -0.25) is 9.59 Å². The van der Waals surface area contributed by atoms with Crippen molar-refractivity contribution in [2.75, 3.05) is 33.1 Å². The number of rotatable bonds is 6. The fourth-order valence-electron chi connectivity index (χ4n) is 3.26. The molecule has 0 aliphatic carbocycles. The molecule has 0 aromatic heterocycles. The van der Waals surface area contributed by atoms with Crippen LogP contribution in [0, 0.1) is 0 Å². The van der Waals surface area contributed by atoms with Crippen LogP contribution in [0.15, 0.2) is 42.5 Å². The summed E-state index contributed by atoms with van der Waals surface area (Å²) in [6.45, 7) is 0.479. The maximum atomic E-state index is 12.6. The van der Waals surface area contributed by atoms with Crippen LogP contribution >= 0.6 is 0 Å². The van der Waals surface area contributed by atoms with Gasteiger partial charge in [0.1, 0.15) is 5.75 Å². The van der Waals surface area contributed by atoms with Gasteiger partial charge in [0.2, 0.25) is 5.91 Å². The highest BCUT2D eigenvalue weighted by Gasteiger charge is 2.19. The lowest BCUT2D eigenvalue weighted by Gasteiger charge is -2.25. The van der Waals surface area contributed by atoms with E-state index in [1.807, 2.05) is 44.4 Å². The van der Waals surface area contributed by atoms with Gasteiger partial charge >= 0.3 is 0 Å². The number of likely N-dealkylation sites (N-methyl/N-ethyl adjacent to an activating group) is 1. The third-order valence-electron chi connectivity index (χ3n) is 4.82. The topological polar surface area (TPSA) is 70.7 Å². The van der Waals surface area contributed by atoms with Crippen LogP contribution in [0.3, 0.4) is 0 Å². The average Bonchev–Trinajstić information content (AvgIpc) is 2.67. The monoisotopic (exact) mass is 367 g/mol. The minimum Gasteiger partial charge on any atom is -0.497 e. The van der Waals surface area contributed by atoms with Crippen LogP contribution in [0.4, 0.5) is 5.69 Å². The van der Waals surface area contributed by atoms with Crippen LogP contribution in [0.2, 0.25) is 0 Å². The minimum absolute atomic E-state index is 0.0202. The lowest BCUT2D eigenvalue weighted by atomic mass is 10.00. The van der Waals surface area contributed by atoms with Gasteiger partial charge in [-0.2, -0.15) is 0 Å². The van der Waals surface area contributed by atoms with Crippen LogP contribution in [0.5, 0.6) is 5.75 Å². The van der Waals surface area contributed by atoms with Gasteiger partial charge in [0, 0.05) is 24.2 Å². The Bertz CT molecular complexity index is 848. The van der Waals surface area contributed by atoms with Crippen molar-refractivity contribution in [1.29, 1.82) is 0 Å². The Morgan fingerprint density at radius 3 is 2.78 bits per heavy atom. The van der Waals surface area contributed by atoms with E-state index in [2.05, 4.69) is 15.5 Å². The second kappa shape index (κ2) is 8.22. The van der Waals surface area contributed by atoms with Gasteiger partial charge in [-0.05, 0) is 62.0 Å². The zero-order valence-corrected chi connectivity index (χ0v) is 15.9. The summed E-state index contributed by atoms with van der Waals surface area (Å²) in [7, 11) is 5.61. The van der Waals surface area contributed by atoms with E-state index in [0.29, 0.717) is 24.9 Å². The van der Waals surface area contributed by atoms with Crippen molar-refractivity contribution in [3.8, 4) is 5.75 Å². The molecule has 142 valence electrons. The van der Waals surface area contributed by atoms with Gasteiger partial charge in [0.05, 0.1) is 13.2 Å². The second-order valence-electron chi connectivity index (χ2n) is 6.89. The van der Waals surface area contributed by atoms with E-state index < -0.39 is 0 Å². The molecule has 0 radical (unpaired) electrons. The first-order valence-corrected chi connectivity index (χ1v) is 8.99. The molecule has 2 aromatic rings. The van der Waals surface area contributed by atoms with Crippen molar-refractivity contribution >= 4 is 17.5 Å². The van der Waals surface area contributed by atoms with Gasteiger partial charge in [-0.1, -0.05) is 12.1 Å². The van der Waals surface area contributed by atoms with E-state index in [-0.39, 0.29) is 17.9 Å². The Morgan fingerprint density at radius 2 is 2.04 bits per heavy atom. The van der Waals surface area contributed by atoms with Gasteiger partial charge in [0.25, 0.3) is 5.91 Å². The first-order chi connectivity index (χ1) is 13.0. The highest BCUT2D eigenvalue weighted by atomic mass is 16.5. The number of carbonyl (C=O) groups excluding carboxylic acids is 2. The first-order valence-electron chi connectivity index (χ1n) is 8.99. The summed E-state index contributed by atoms with van der Waals surface area (Å²) < 4.78 is 5.30. The van der Waals surface area contributed by atoms with Gasteiger partial charge in [-0.15, -0.1) is 0 Å². The van der Waals surface area contributed by atoms with Crippen molar-refractivity contribution in [3.05, 3.63) is 59.2 Å². The lowest BCUT2D eigenvalue weighted by Crippen LogP contribution is -2.34. The van der Waals surface area contributed by atoms with E-state index in [1.54, 1.807) is 19.2 Å². The Balaban J connectivity index is 1.70. The summed E-state index contributed by atoms with van der Waals surface area (Å²) in [5, 5.41) is 5.86. The van der Waals surface area contributed by atoms with Gasteiger partial charge in [-0.25, -0.2) is 0 Å². The highest BCUT2D eigenvalue weighted by Crippen LogP contribution is 2.24. The number of fused-ring (bicyclic) bond motifs is 1. The summed E-state index contributed by atoms with van der Waals surface area (Å²) in [5.41, 5.74) is 3.48. The molecule has 6 heteroatoms. The van der Waals surface area contributed by atoms with E-state index in [1.165, 1.54) is 0 Å². The van der Waals surface area contributed by atoms with Crippen LogP contribution in [0.1, 0.15) is 33.9 Å². The quantitative estimate of drug-likeness (QED) is 0.823. The molecule has 3 rings (SSSR count). The average molecular weight is 367 g/mol. The maximum absolute atomic E-state index is 12.6. The van der Waals surface area contributed by atoms with Crippen molar-refractivity contribution in [2.24, 2.45) is 0 Å². The van der Waals surface area contributed by atoms with Gasteiger partial charge in [0.15, 0.2) is 0 Å². The smallest absolute Gasteiger partial charge is 0.251 e. The number of ether oxygens (including phenoxy) is 1. The highest BCUT2D eigenvalue weighted by molar-refractivity contribution is 5.97. The van der Waals surface area contributed by atoms with Crippen molar-refractivity contribution in [3.63, 3.8) is 0 Å². The zero-order chi connectivity index (χ0) is 19.4. The molecule has 0 saturated carbocycles. The van der Waals surface area contributed by atoms with Crippen molar-refractivity contribution in [1.82, 2.24) is 10.2 Å². The second-order valence-corrected chi connectivity index (χ2v) is 6.89. The molecule has 27 heavy (non-hydrogen) atoms. The number of hydrogen-bond acceptors (Lipinski definition) is 4. The third-order valence-corrected chi connectivity index (χ3v) is 4.82. The Kier molecular flexibility index (Phi) is 5.76. The van der Waals surface area contributed by atoms with E-state index in [4.69, 9.17) is 4.74 Å². The molecule has 0 saturated heterocycles. The fourth-order valence-corrected chi connectivity index (χ4v) is 3.26. The number of hydrogen-bond donors (Lipinski definition) is 2. The summed E-state index contributed by atoms with van der Waals surface area (Å²) in [4.78, 5) is 26.2. The largest absolute Gasteiger partial charge is 0.497 e. The predicted molar refractivity (Wildman–Crippen MR) is 105 cm³/mol. The SMILES string of the molecule is COc1cccc(C(CNC(=O)c2ccc3c(c2)CCC(=O)N3)N(C)C)c1. The fraction of sp³-hybridized carbons (Fsp3) is 0.333. The first kappa shape index (κ1) is 18.9. The summed E-state index contributed by atoms with van der Waals surface area (Å²) >= 11 is 0. The summed E-state index contributed by atoms with van der Waals surface area (Å²) in [6.07, 6.45) is 1.11. The Labute approximate surface area is 159 Å². The minimum atomic E-state index is -0.121. The molecule has 0 fully saturated rings. The molecule has 1 atom stereocenters.